The Bertz CT molecular complexity index is 767. The second-order valence-corrected chi connectivity index (χ2v) is 7.41. The van der Waals surface area contributed by atoms with Crippen molar-refractivity contribution in [1.82, 2.24) is 10.2 Å². The maximum absolute atomic E-state index is 12.3. The SMILES string of the molecule is N#CC1=C(SCC(=O)N2CCOCC2)NC(=O)C[C@@H]1c1ccc(Cl)cc1. The fourth-order valence-corrected chi connectivity index (χ4v) is 4.06. The van der Waals surface area contributed by atoms with Crippen LogP contribution >= 0.6 is 23.4 Å². The molecule has 136 valence electrons. The van der Waals surface area contributed by atoms with Crippen LogP contribution < -0.4 is 5.32 Å². The number of nitriles is 1. The summed E-state index contributed by atoms with van der Waals surface area (Å²) >= 11 is 7.13. The molecule has 1 saturated heterocycles. The molecule has 0 aliphatic carbocycles. The minimum absolute atomic E-state index is 0.0223. The summed E-state index contributed by atoms with van der Waals surface area (Å²) in [6, 6.07) is 9.34. The Morgan fingerprint density at radius 2 is 2.04 bits per heavy atom. The van der Waals surface area contributed by atoms with E-state index >= 15 is 0 Å². The molecule has 2 amide bonds. The molecule has 1 fully saturated rings. The molecule has 2 aliphatic heterocycles. The molecule has 0 aromatic heterocycles. The fourth-order valence-electron chi connectivity index (χ4n) is 2.95. The number of halogens is 1. The van der Waals surface area contributed by atoms with E-state index < -0.39 is 0 Å². The maximum atomic E-state index is 12.3. The number of rotatable bonds is 4. The van der Waals surface area contributed by atoms with Crippen LogP contribution in [0.3, 0.4) is 0 Å². The molecule has 0 spiro atoms. The highest BCUT2D eigenvalue weighted by molar-refractivity contribution is 8.03. The van der Waals surface area contributed by atoms with Gasteiger partial charge >= 0.3 is 0 Å². The van der Waals surface area contributed by atoms with Gasteiger partial charge in [-0.05, 0) is 17.7 Å². The Morgan fingerprint density at radius 3 is 2.69 bits per heavy atom. The molecule has 2 heterocycles. The van der Waals surface area contributed by atoms with Crippen LogP contribution in [0.5, 0.6) is 0 Å². The van der Waals surface area contributed by atoms with Crippen LogP contribution in [-0.2, 0) is 14.3 Å². The molecule has 0 bridgehead atoms. The van der Waals surface area contributed by atoms with Crippen LogP contribution in [0.25, 0.3) is 0 Å². The zero-order valence-electron chi connectivity index (χ0n) is 14.0. The first kappa shape index (κ1) is 18.8. The number of hydrogen-bond donors (Lipinski definition) is 1. The highest BCUT2D eigenvalue weighted by Gasteiger charge is 2.30. The van der Waals surface area contributed by atoms with Crippen molar-refractivity contribution < 1.29 is 14.3 Å². The Kier molecular flexibility index (Phi) is 6.20. The van der Waals surface area contributed by atoms with Gasteiger partial charge in [0.2, 0.25) is 11.8 Å². The van der Waals surface area contributed by atoms with Crippen molar-refractivity contribution in [3.05, 3.63) is 45.5 Å². The van der Waals surface area contributed by atoms with E-state index in [1.807, 2.05) is 12.1 Å². The van der Waals surface area contributed by atoms with E-state index in [2.05, 4.69) is 11.4 Å². The average molecular weight is 392 g/mol. The van der Waals surface area contributed by atoms with Gasteiger partial charge in [0, 0.05) is 30.5 Å². The number of ether oxygens (including phenoxy) is 1. The molecular weight excluding hydrogens is 374 g/mol. The van der Waals surface area contributed by atoms with Gasteiger partial charge in [0.05, 0.1) is 35.6 Å². The molecule has 1 aromatic rings. The quantitative estimate of drug-likeness (QED) is 0.851. The number of carbonyl (C=O) groups is 2. The molecule has 2 aliphatic rings. The normalized spacial score (nSPS) is 20.5. The summed E-state index contributed by atoms with van der Waals surface area (Å²) in [4.78, 5) is 26.2. The second-order valence-electron chi connectivity index (χ2n) is 5.99. The minimum atomic E-state index is -0.327. The van der Waals surface area contributed by atoms with E-state index in [4.69, 9.17) is 16.3 Å². The first-order valence-electron chi connectivity index (χ1n) is 8.26. The van der Waals surface area contributed by atoms with E-state index in [0.29, 0.717) is 41.9 Å². The first-order valence-corrected chi connectivity index (χ1v) is 9.62. The summed E-state index contributed by atoms with van der Waals surface area (Å²) in [7, 11) is 0. The van der Waals surface area contributed by atoms with Gasteiger partial charge in [0.25, 0.3) is 0 Å². The van der Waals surface area contributed by atoms with Crippen LogP contribution in [0.15, 0.2) is 34.9 Å². The van der Waals surface area contributed by atoms with Gasteiger partial charge in [-0.1, -0.05) is 35.5 Å². The van der Waals surface area contributed by atoms with E-state index in [1.165, 1.54) is 11.8 Å². The van der Waals surface area contributed by atoms with Crippen molar-refractivity contribution in [2.75, 3.05) is 32.1 Å². The van der Waals surface area contributed by atoms with Crippen LogP contribution in [-0.4, -0.2) is 48.8 Å². The number of allylic oxidation sites excluding steroid dienone is 1. The Hall–Kier alpha value is -2.01. The molecule has 1 atom stereocenters. The van der Waals surface area contributed by atoms with Gasteiger partial charge in [-0.25, -0.2) is 0 Å². The molecular formula is C18H18ClN3O3S. The summed E-state index contributed by atoms with van der Waals surface area (Å²) in [5, 5.41) is 13.4. The largest absolute Gasteiger partial charge is 0.378 e. The van der Waals surface area contributed by atoms with Gasteiger partial charge in [-0.2, -0.15) is 5.26 Å². The molecule has 0 saturated carbocycles. The number of carbonyl (C=O) groups excluding carboxylic acids is 2. The molecule has 6 nitrogen and oxygen atoms in total. The predicted molar refractivity (Wildman–Crippen MR) is 99.4 cm³/mol. The molecule has 1 N–H and O–H groups in total. The average Bonchev–Trinajstić information content (AvgIpc) is 2.67. The van der Waals surface area contributed by atoms with Gasteiger partial charge in [-0.15, -0.1) is 0 Å². The number of nitrogens with zero attached hydrogens (tertiary/aromatic N) is 2. The van der Waals surface area contributed by atoms with Gasteiger partial charge in [0.1, 0.15) is 0 Å². The lowest BCUT2D eigenvalue weighted by atomic mass is 9.87. The Morgan fingerprint density at radius 1 is 1.35 bits per heavy atom. The Balaban J connectivity index is 1.76. The predicted octanol–water partition coefficient (Wildman–Crippen LogP) is 2.27. The summed E-state index contributed by atoms with van der Waals surface area (Å²) in [6.07, 6.45) is 0.200. The third-order valence-corrected chi connectivity index (χ3v) is 5.59. The zero-order valence-corrected chi connectivity index (χ0v) is 15.6. The standard InChI is InChI=1S/C18H18ClN3O3S/c19-13-3-1-12(2-4-13)14-9-16(23)21-18(15(14)10-20)26-11-17(24)22-5-7-25-8-6-22/h1-4,14H,5-9,11H2,(H,21,23)/t14-/m1/s1. The van der Waals surface area contributed by atoms with Crippen LogP contribution in [0.2, 0.25) is 5.02 Å². The molecule has 26 heavy (non-hydrogen) atoms. The highest BCUT2D eigenvalue weighted by atomic mass is 35.5. The topological polar surface area (TPSA) is 82.4 Å². The summed E-state index contributed by atoms with van der Waals surface area (Å²) in [5.74, 6) is -0.336. The zero-order chi connectivity index (χ0) is 18.5. The summed E-state index contributed by atoms with van der Waals surface area (Å²) < 4.78 is 5.24. The number of benzene rings is 1. The highest BCUT2D eigenvalue weighted by Crippen LogP contribution is 2.36. The van der Waals surface area contributed by atoms with Crippen LogP contribution in [0, 0.1) is 11.3 Å². The van der Waals surface area contributed by atoms with Crippen LogP contribution in [0.4, 0.5) is 0 Å². The van der Waals surface area contributed by atoms with Gasteiger partial charge in [-0.3, -0.25) is 9.59 Å². The van der Waals surface area contributed by atoms with E-state index in [0.717, 1.165) is 5.56 Å². The van der Waals surface area contributed by atoms with Crippen molar-refractivity contribution in [2.24, 2.45) is 0 Å². The smallest absolute Gasteiger partial charge is 0.233 e. The molecule has 8 heteroatoms. The molecule has 0 unspecified atom stereocenters. The Labute approximate surface area is 161 Å². The number of nitrogens with one attached hydrogen (secondary N) is 1. The number of amides is 2. The summed E-state index contributed by atoms with van der Waals surface area (Å²) in [5.41, 5.74) is 1.34. The maximum Gasteiger partial charge on any atom is 0.233 e. The number of morpholine rings is 1. The van der Waals surface area contributed by atoms with Crippen molar-refractivity contribution in [3.63, 3.8) is 0 Å². The summed E-state index contributed by atoms with van der Waals surface area (Å²) in [6.45, 7) is 2.22. The molecule has 1 aromatic carbocycles. The third kappa shape index (κ3) is 4.39. The number of hydrogen-bond acceptors (Lipinski definition) is 5. The first-order chi connectivity index (χ1) is 12.6. The van der Waals surface area contributed by atoms with Crippen molar-refractivity contribution in [3.8, 4) is 6.07 Å². The van der Waals surface area contributed by atoms with Crippen LogP contribution in [0.1, 0.15) is 17.9 Å². The lowest BCUT2D eigenvalue weighted by Crippen LogP contribution is -2.42. The van der Waals surface area contributed by atoms with E-state index in [1.54, 1.807) is 17.0 Å². The second kappa shape index (κ2) is 8.58. The van der Waals surface area contributed by atoms with E-state index in [-0.39, 0.29) is 29.9 Å². The van der Waals surface area contributed by atoms with Gasteiger partial charge < -0.3 is 15.0 Å². The minimum Gasteiger partial charge on any atom is -0.378 e. The number of thioether (sulfide) groups is 1. The molecule has 0 radical (unpaired) electrons. The van der Waals surface area contributed by atoms with E-state index in [9.17, 15) is 14.9 Å². The molecule has 3 rings (SSSR count). The van der Waals surface area contributed by atoms with Crippen molar-refractivity contribution >= 4 is 35.2 Å². The third-order valence-electron chi connectivity index (χ3n) is 4.33. The monoisotopic (exact) mass is 391 g/mol. The lowest BCUT2D eigenvalue weighted by molar-refractivity contribution is -0.132. The van der Waals surface area contributed by atoms with Gasteiger partial charge in [0.15, 0.2) is 0 Å². The van der Waals surface area contributed by atoms with Crippen molar-refractivity contribution in [1.29, 1.82) is 5.26 Å². The lowest BCUT2D eigenvalue weighted by Gasteiger charge is -2.28. The van der Waals surface area contributed by atoms with Crippen molar-refractivity contribution in [2.45, 2.75) is 12.3 Å². The fraction of sp³-hybridized carbons (Fsp3) is 0.389.